The number of nitriles is 1. The van der Waals surface area contributed by atoms with Gasteiger partial charge in [0, 0.05) is 67.5 Å². The maximum absolute atomic E-state index is 14.6. The zero-order chi connectivity index (χ0) is 28.2. The third-order valence-electron chi connectivity index (χ3n) is 7.91. The van der Waals surface area contributed by atoms with Gasteiger partial charge in [-0.2, -0.15) is 10.2 Å². The first kappa shape index (κ1) is 27.5. The number of anilines is 2. The Kier molecular flexibility index (Phi) is 8.25. The number of phenols is 1. The van der Waals surface area contributed by atoms with Crippen LogP contribution in [-0.2, 0) is 13.0 Å². The van der Waals surface area contributed by atoms with Crippen LogP contribution >= 0.6 is 0 Å². The molecule has 0 unspecified atom stereocenters. The van der Waals surface area contributed by atoms with Gasteiger partial charge in [0.15, 0.2) is 0 Å². The zero-order valence-corrected chi connectivity index (χ0v) is 23.1. The summed E-state index contributed by atoms with van der Waals surface area (Å²) >= 11 is 0. The van der Waals surface area contributed by atoms with Crippen LogP contribution in [0, 0.1) is 29.5 Å². The molecule has 3 aliphatic rings. The summed E-state index contributed by atoms with van der Waals surface area (Å²) in [5, 5.41) is 25.0. The fourth-order valence-corrected chi connectivity index (χ4v) is 5.86. The Labute approximate surface area is 235 Å². The molecule has 0 saturated carbocycles. The predicted molar refractivity (Wildman–Crippen MR) is 156 cm³/mol. The molecule has 0 bridgehead atoms. The number of halogens is 1. The molecule has 1 aromatic heterocycles. The molecule has 0 spiro atoms. The standard InChI is InChI=1S/C26H24FN5O2.C5H11N/c1-3-18-22(27)5-4-16-12-17(33)13-23(24(16)18)32-9-6-19-21(15-32)20(14-28)26(34-2)30-25(19)31-10-7-29-8-11-31;1-6-4-2-3-5-6/h1,4-5,12-13,29,33H,6-11,15H2,2H3;2-5H2,1H3. The van der Waals surface area contributed by atoms with Crippen LogP contribution < -0.4 is 19.9 Å². The Hall–Kier alpha value is -4.05. The van der Waals surface area contributed by atoms with Crippen molar-refractivity contribution in [3.8, 4) is 30.0 Å². The minimum atomic E-state index is -0.482. The summed E-state index contributed by atoms with van der Waals surface area (Å²) in [6.45, 7) is 6.99. The van der Waals surface area contributed by atoms with Gasteiger partial charge >= 0.3 is 0 Å². The fraction of sp³-hybridized carbons (Fsp3) is 0.419. The predicted octanol–water partition coefficient (Wildman–Crippen LogP) is 3.63. The van der Waals surface area contributed by atoms with Crippen LogP contribution in [0.5, 0.6) is 11.6 Å². The SMILES string of the molecule is C#Cc1c(F)ccc2cc(O)cc(N3CCc4c(N5CCNCC5)nc(OC)c(C#N)c4C3)c12.CN1CCCC1. The monoisotopic (exact) mass is 542 g/mol. The van der Waals surface area contributed by atoms with Gasteiger partial charge in [0.25, 0.3) is 0 Å². The number of aromatic hydroxyl groups is 1. The number of fused-ring (bicyclic) bond motifs is 2. The summed E-state index contributed by atoms with van der Waals surface area (Å²) in [6.07, 6.45) is 9.13. The van der Waals surface area contributed by atoms with Crippen molar-refractivity contribution in [2.24, 2.45) is 0 Å². The number of hydrogen-bond donors (Lipinski definition) is 2. The summed E-state index contributed by atoms with van der Waals surface area (Å²) in [7, 11) is 3.69. The van der Waals surface area contributed by atoms with Crippen molar-refractivity contribution in [3.63, 3.8) is 0 Å². The van der Waals surface area contributed by atoms with E-state index in [0.29, 0.717) is 47.4 Å². The highest BCUT2D eigenvalue weighted by Crippen LogP contribution is 2.40. The van der Waals surface area contributed by atoms with Gasteiger partial charge in [-0.05, 0) is 56.9 Å². The highest BCUT2D eigenvalue weighted by molar-refractivity contribution is 6.00. The lowest BCUT2D eigenvalue weighted by molar-refractivity contribution is 0.394. The summed E-state index contributed by atoms with van der Waals surface area (Å²) in [5.74, 6) is 3.20. The number of methoxy groups -OCH3 is 1. The Morgan fingerprint density at radius 3 is 2.42 bits per heavy atom. The third kappa shape index (κ3) is 5.36. The van der Waals surface area contributed by atoms with E-state index in [4.69, 9.17) is 16.1 Å². The first-order valence-corrected chi connectivity index (χ1v) is 13.8. The van der Waals surface area contributed by atoms with E-state index in [9.17, 15) is 14.8 Å². The molecule has 6 rings (SSSR count). The highest BCUT2D eigenvalue weighted by atomic mass is 19.1. The van der Waals surface area contributed by atoms with E-state index in [1.165, 1.54) is 39.1 Å². The lowest BCUT2D eigenvalue weighted by Gasteiger charge is -2.36. The number of ether oxygens (including phenoxy) is 1. The van der Waals surface area contributed by atoms with E-state index >= 15 is 0 Å². The first-order valence-electron chi connectivity index (χ1n) is 13.8. The minimum absolute atomic E-state index is 0.0668. The van der Waals surface area contributed by atoms with Crippen molar-refractivity contribution in [2.45, 2.75) is 25.8 Å². The Bertz CT molecular complexity index is 1480. The number of nitrogens with one attached hydrogen (secondary N) is 1. The molecule has 2 aromatic carbocycles. The van der Waals surface area contributed by atoms with Gasteiger partial charge in [-0.25, -0.2) is 4.39 Å². The molecule has 9 heteroatoms. The normalized spacial score (nSPS) is 17.0. The summed E-state index contributed by atoms with van der Waals surface area (Å²) < 4.78 is 20.1. The number of pyridine rings is 1. The van der Waals surface area contributed by atoms with Crippen molar-refractivity contribution in [1.29, 1.82) is 5.26 Å². The van der Waals surface area contributed by atoms with Gasteiger partial charge in [0.1, 0.15) is 29.0 Å². The van der Waals surface area contributed by atoms with Crippen LogP contribution in [0.3, 0.4) is 0 Å². The molecule has 208 valence electrons. The van der Waals surface area contributed by atoms with Crippen LogP contribution in [0.1, 0.15) is 35.1 Å². The van der Waals surface area contributed by atoms with Crippen LogP contribution in [0.4, 0.5) is 15.9 Å². The molecule has 0 amide bonds. The van der Waals surface area contributed by atoms with Crippen molar-refractivity contribution in [1.82, 2.24) is 15.2 Å². The Morgan fingerprint density at radius 1 is 1.05 bits per heavy atom. The van der Waals surface area contributed by atoms with Crippen LogP contribution in [0.2, 0.25) is 0 Å². The van der Waals surface area contributed by atoms with Gasteiger partial charge in [-0.3, -0.25) is 0 Å². The lowest BCUT2D eigenvalue weighted by Crippen LogP contribution is -2.45. The number of hydrogen-bond acceptors (Lipinski definition) is 8. The third-order valence-corrected chi connectivity index (χ3v) is 7.91. The average Bonchev–Trinajstić information content (AvgIpc) is 3.47. The fourth-order valence-electron chi connectivity index (χ4n) is 5.86. The topological polar surface area (TPSA) is 87.9 Å². The number of terminal acetylenes is 1. The number of phenolic OH excluding ortho intramolecular Hbond substituents is 1. The van der Waals surface area contributed by atoms with Gasteiger partial charge in [0.2, 0.25) is 5.88 Å². The molecule has 8 nitrogen and oxygen atoms in total. The second-order valence-corrected chi connectivity index (χ2v) is 10.4. The molecule has 0 radical (unpaired) electrons. The molecular weight excluding hydrogens is 507 g/mol. The van der Waals surface area contributed by atoms with E-state index in [0.717, 1.165) is 43.1 Å². The molecule has 2 saturated heterocycles. The zero-order valence-electron chi connectivity index (χ0n) is 23.1. The van der Waals surface area contributed by atoms with Gasteiger partial charge in [-0.15, -0.1) is 6.42 Å². The number of aromatic nitrogens is 1. The van der Waals surface area contributed by atoms with E-state index in [-0.39, 0.29) is 11.3 Å². The van der Waals surface area contributed by atoms with Gasteiger partial charge < -0.3 is 29.9 Å². The van der Waals surface area contributed by atoms with Crippen LogP contribution in [0.15, 0.2) is 24.3 Å². The molecule has 40 heavy (non-hydrogen) atoms. The molecule has 3 aliphatic heterocycles. The maximum atomic E-state index is 14.6. The quantitative estimate of drug-likeness (QED) is 0.486. The number of likely N-dealkylation sites (tertiary alicyclic amines) is 1. The summed E-state index contributed by atoms with van der Waals surface area (Å²) in [6, 6.07) is 8.38. The van der Waals surface area contributed by atoms with E-state index < -0.39 is 5.82 Å². The van der Waals surface area contributed by atoms with Crippen LogP contribution in [-0.4, -0.2) is 75.0 Å². The van der Waals surface area contributed by atoms with Gasteiger partial charge in [0.05, 0.1) is 12.7 Å². The second kappa shape index (κ2) is 12.0. The number of nitrogens with zero attached hydrogens (tertiary/aromatic N) is 5. The molecular formula is C31H35FN6O2. The smallest absolute Gasteiger partial charge is 0.233 e. The summed E-state index contributed by atoms with van der Waals surface area (Å²) in [5.41, 5.74) is 3.06. The molecule has 0 aliphatic carbocycles. The van der Waals surface area contributed by atoms with Crippen molar-refractivity contribution >= 4 is 22.3 Å². The largest absolute Gasteiger partial charge is 0.508 e. The maximum Gasteiger partial charge on any atom is 0.233 e. The number of benzene rings is 2. The van der Waals surface area contributed by atoms with Crippen molar-refractivity contribution in [3.05, 3.63) is 52.3 Å². The molecule has 3 aromatic rings. The number of piperazine rings is 1. The highest BCUT2D eigenvalue weighted by Gasteiger charge is 2.30. The first-order chi connectivity index (χ1) is 19.4. The second-order valence-electron chi connectivity index (χ2n) is 10.4. The lowest BCUT2D eigenvalue weighted by atomic mass is 9.94. The average molecular weight is 543 g/mol. The van der Waals surface area contributed by atoms with Crippen LogP contribution in [0.25, 0.3) is 10.8 Å². The minimum Gasteiger partial charge on any atom is -0.508 e. The Balaban J connectivity index is 0.000000477. The van der Waals surface area contributed by atoms with E-state index in [1.54, 1.807) is 18.2 Å². The number of rotatable bonds is 3. The Morgan fingerprint density at radius 2 is 1.80 bits per heavy atom. The molecule has 2 N–H and O–H groups in total. The summed E-state index contributed by atoms with van der Waals surface area (Å²) in [4.78, 5) is 11.3. The van der Waals surface area contributed by atoms with Gasteiger partial charge in [-0.1, -0.05) is 12.0 Å². The van der Waals surface area contributed by atoms with E-state index in [1.807, 2.05) is 4.90 Å². The molecule has 4 heterocycles. The van der Waals surface area contributed by atoms with E-state index in [2.05, 4.69) is 34.2 Å². The van der Waals surface area contributed by atoms with Crippen molar-refractivity contribution < 1.29 is 14.2 Å². The molecule has 2 fully saturated rings. The molecule has 0 atom stereocenters. The van der Waals surface area contributed by atoms with Crippen molar-refractivity contribution in [2.75, 3.05) is 69.8 Å².